The average Bonchev–Trinajstić information content (AvgIpc) is 3.08. The number of fused-ring (bicyclic) bond motifs is 1. The lowest BCUT2D eigenvalue weighted by Crippen LogP contribution is -2.02. The fourth-order valence-corrected chi connectivity index (χ4v) is 4.62. The molecule has 0 amide bonds. The van der Waals surface area contributed by atoms with E-state index in [2.05, 4.69) is 12.1 Å². The number of carbonyl (C=O) groups is 1. The highest BCUT2D eigenvalue weighted by atomic mass is 32.2. The molecule has 1 aliphatic heterocycles. The molecule has 0 saturated heterocycles. The van der Waals surface area contributed by atoms with Crippen LogP contribution in [0.15, 0.2) is 66.7 Å². The van der Waals surface area contributed by atoms with Crippen LogP contribution in [0.25, 0.3) is 0 Å². The summed E-state index contributed by atoms with van der Waals surface area (Å²) in [7, 11) is 0. The minimum atomic E-state index is -0.00435. The third-order valence-electron chi connectivity index (χ3n) is 2.87. The van der Waals surface area contributed by atoms with Crippen molar-refractivity contribution in [2.45, 2.75) is 23.1 Å². The van der Waals surface area contributed by atoms with Crippen LogP contribution in [0, 0.1) is 0 Å². The van der Waals surface area contributed by atoms with Gasteiger partial charge in [-0.1, -0.05) is 42.6 Å². The Balaban J connectivity index is 1.96. The Morgan fingerprint density at radius 1 is 1.11 bits per heavy atom. The highest BCUT2D eigenvalue weighted by molar-refractivity contribution is 8.24. The van der Waals surface area contributed by atoms with Gasteiger partial charge < -0.3 is 4.42 Å². The first-order chi connectivity index (χ1) is 9.29. The van der Waals surface area contributed by atoms with Crippen LogP contribution < -0.4 is 0 Å². The van der Waals surface area contributed by atoms with Crippen molar-refractivity contribution < 1.29 is 9.21 Å². The second-order valence-corrected chi connectivity index (χ2v) is 6.44. The maximum absolute atomic E-state index is 12.4. The van der Waals surface area contributed by atoms with Crippen molar-refractivity contribution in [3.8, 4) is 0 Å². The van der Waals surface area contributed by atoms with Gasteiger partial charge in [0.25, 0.3) is 0 Å². The van der Waals surface area contributed by atoms with Gasteiger partial charge in [-0.2, -0.15) is 0 Å². The van der Waals surface area contributed by atoms with Crippen molar-refractivity contribution in [2.24, 2.45) is 0 Å². The number of hydrogen-bond acceptors (Lipinski definition) is 4. The van der Waals surface area contributed by atoms with Gasteiger partial charge in [0.2, 0.25) is 5.78 Å². The van der Waals surface area contributed by atoms with Crippen molar-refractivity contribution >= 4 is 29.3 Å². The summed E-state index contributed by atoms with van der Waals surface area (Å²) in [6.07, 6.45) is 2.25. The summed E-state index contributed by atoms with van der Waals surface area (Å²) in [6.45, 7) is 2.01. The van der Waals surface area contributed by atoms with Gasteiger partial charge >= 0.3 is 0 Å². The molecule has 0 bridgehead atoms. The Hall–Kier alpha value is -1.39. The van der Waals surface area contributed by atoms with Crippen molar-refractivity contribution in [1.29, 1.82) is 0 Å². The number of benzene rings is 1. The van der Waals surface area contributed by atoms with E-state index in [-0.39, 0.29) is 5.78 Å². The number of Topliss-reactive ketones (excluding diaryl/α,β-unsaturated/α-hetero) is 1. The van der Waals surface area contributed by atoms with E-state index in [0.29, 0.717) is 12.2 Å². The maximum atomic E-state index is 12.4. The number of rotatable bonds is 3. The Kier molecular flexibility index (Phi) is 3.53. The smallest absolute Gasteiger partial charge is 0.225 e. The van der Waals surface area contributed by atoms with Gasteiger partial charge in [0, 0.05) is 15.4 Å². The molecule has 1 aliphatic rings. The van der Waals surface area contributed by atoms with E-state index in [1.807, 2.05) is 19.1 Å². The van der Waals surface area contributed by atoms with Crippen molar-refractivity contribution in [3.63, 3.8) is 0 Å². The maximum Gasteiger partial charge on any atom is 0.225 e. The molecule has 0 radical (unpaired) electrons. The standard InChI is InChI=1S/C15H12O2S2/c1-2-10(14(16)11-6-5-9-17-11)15-18-12-7-3-4-8-13(12)19-15/h3-9H,2H2,1H3. The van der Waals surface area contributed by atoms with E-state index in [4.69, 9.17) is 4.42 Å². The molecule has 2 heterocycles. The molecule has 19 heavy (non-hydrogen) atoms. The highest BCUT2D eigenvalue weighted by Gasteiger charge is 2.24. The zero-order valence-corrected chi connectivity index (χ0v) is 12.0. The van der Waals surface area contributed by atoms with Crippen LogP contribution in [-0.4, -0.2) is 5.78 Å². The summed E-state index contributed by atoms with van der Waals surface area (Å²) in [5.41, 5.74) is 0.834. The lowest BCUT2D eigenvalue weighted by Gasteiger charge is -2.04. The van der Waals surface area contributed by atoms with Gasteiger partial charge in [-0.15, -0.1) is 0 Å². The average molecular weight is 288 g/mol. The van der Waals surface area contributed by atoms with Crippen molar-refractivity contribution in [2.75, 3.05) is 0 Å². The third kappa shape index (κ3) is 2.38. The van der Waals surface area contributed by atoms with Crippen LogP contribution in [0.5, 0.6) is 0 Å². The quantitative estimate of drug-likeness (QED) is 0.588. The molecule has 0 spiro atoms. The Morgan fingerprint density at radius 2 is 1.79 bits per heavy atom. The molecule has 1 aromatic heterocycles. The molecule has 0 aliphatic carbocycles. The lowest BCUT2D eigenvalue weighted by molar-refractivity contribution is 0.100. The second-order valence-electron chi connectivity index (χ2n) is 4.08. The molecular formula is C15H12O2S2. The van der Waals surface area contributed by atoms with Crippen LogP contribution in [0.3, 0.4) is 0 Å². The normalized spacial score (nSPS) is 13.4. The topological polar surface area (TPSA) is 30.2 Å². The number of furan rings is 1. The van der Waals surface area contributed by atoms with Gasteiger partial charge in [-0.3, -0.25) is 4.79 Å². The molecular weight excluding hydrogens is 276 g/mol. The predicted octanol–water partition coefficient (Wildman–Crippen LogP) is 4.98. The first-order valence-corrected chi connectivity index (χ1v) is 7.69. The summed E-state index contributed by atoms with van der Waals surface area (Å²) in [5, 5.41) is 0. The molecule has 2 aromatic rings. The number of hydrogen-bond donors (Lipinski definition) is 0. The summed E-state index contributed by atoms with van der Waals surface area (Å²) in [5.74, 6) is 0.414. The van der Waals surface area contributed by atoms with Crippen LogP contribution in [0.1, 0.15) is 23.9 Å². The van der Waals surface area contributed by atoms with Gasteiger partial charge in [-0.05, 0) is 30.7 Å². The number of allylic oxidation sites excluding steroid dienone is 1. The van der Waals surface area contributed by atoms with Gasteiger partial charge in [0.05, 0.1) is 10.5 Å². The zero-order chi connectivity index (χ0) is 13.2. The first-order valence-electron chi connectivity index (χ1n) is 6.05. The van der Waals surface area contributed by atoms with Gasteiger partial charge in [0.1, 0.15) is 0 Å². The molecule has 2 nitrogen and oxygen atoms in total. The summed E-state index contributed by atoms with van der Waals surface area (Å²) >= 11 is 3.35. The van der Waals surface area contributed by atoms with E-state index in [1.165, 1.54) is 16.1 Å². The Morgan fingerprint density at radius 3 is 2.32 bits per heavy atom. The molecule has 0 N–H and O–H groups in total. The predicted molar refractivity (Wildman–Crippen MR) is 78.5 cm³/mol. The fourth-order valence-electron chi connectivity index (χ4n) is 1.92. The van der Waals surface area contributed by atoms with Crippen molar-refractivity contribution in [3.05, 3.63) is 58.2 Å². The van der Waals surface area contributed by atoms with E-state index < -0.39 is 0 Å². The van der Waals surface area contributed by atoms with E-state index in [0.717, 1.165) is 9.81 Å². The molecule has 0 fully saturated rings. The number of thioether (sulfide) groups is 2. The zero-order valence-electron chi connectivity index (χ0n) is 10.4. The van der Waals surface area contributed by atoms with Gasteiger partial charge in [0.15, 0.2) is 5.76 Å². The summed E-state index contributed by atoms with van der Waals surface area (Å²) in [4.78, 5) is 14.8. The van der Waals surface area contributed by atoms with Crippen LogP contribution in [-0.2, 0) is 0 Å². The lowest BCUT2D eigenvalue weighted by atomic mass is 10.1. The molecule has 0 saturated carbocycles. The van der Waals surface area contributed by atoms with Crippen molar-refractivity contribution in [1.82, 2.24) is 0 Å². The monoisotopic (exact) mass is 288 g/mol. The Labute approximate surface area is 120 Å². The van der Waals surface area contributed by atoms with Crippen LogP contribution in [0.4, 0.5) is 0 Å². The molecule has 4 heteroatoms. The number of carbonyl (C=O) groups excluding carboxylic acids is 1. The summed E-state index contributed by atoms with van der Waals surface area (Å²) in [6, 6.07) is 11.7. The minimum Gasteiger partial charge on any atom is -0.461 e. The van der Waals surface area contributed by atoms with Crippen LogP contribution >= 0.6 is 23.5 Å². The Bertz CT molecular complexity index is 615. The first kappa shape index (κ1) is 12.6. The van der Waals surface area contributed by atoms with E-state index >= 15 is 0 Å². The van der Waals surface area contributed by atoms with Crippen LogP contribution in [0.2, 0.25) is 0 Å². The SMILES string of the molecule is CCC(C(=O)c1ccco1)=C1Sc2ccccc2S1. The van der Waals surface area contributed by atoms with E-state index in [1.54, 1.807) is 35.7 Å². The molecule has 3 rings (SSSR count). The molecule has 96 valence electrons. The molecule has 0 unspecified atom stereocenters. The number of ketones is 1. The van der Waals surface area contributed by atoms with E-state index in [9.17, 15) is 4.79 Å². The minimum absolute atomic E-state index is 0.00435. The largest absolute Gasteiger partial charge is 0.461 e. The molecule has 1 aromatic carbocycles. The highest BCUT2D eigenvalue weighted by Crippen LogP contribution is 2.52. The summed E-state index contributed by atoms with van der Waals surface area (Å²) < 4.78 is 6.29. The fraction of sp³-hybridized carbons (Fsp3) is 0.133. The van der Waals surface area contributed by atoms with Gasteiger partial charge in [-0.25, -0.2) is 0 Å². The second kappa shape index (κ2) is 5.31. The third-order valence-corrected chi connectivity index (χ3v) is 5.52. The molecule has 0 atom stereocenters.